The maximum Gasteiger partial charge on any atom is 0.191 e. The van der Waals surface area contributed by atoms with E-state index in [-0.39, 0.29) is 0 Å². The summed E-state index contributed by atoms with van der Waals surface area (Å²) in [6.45, 7) is 8.10. The molecule has 0 radical (unpaired) electrons. The van der Waals surface area contributed by atoms with Crippen LogP contribution in [-0.2, 0) is 13.1 Å². The van der Waals surface area contributed by atoms with Crippen LogP contribution in [0.25, 0.3) is 0 Å². The zero-order chi connectivity index (χ0) is 17.9. The van der Waals surface area contributed by atoms with Crippen molar-refractivity contribution in [2.24, 2.45) is 4.99 Å². The number of aromatic nitrogens is 1. The number of nitrogens with one attached hydrogen (secondary N) is 2. The Balaban J connectivity index is 2.00. The second-order valence-electron chi connectivity index (χ2n) is 5.25. The predicted molar refractivity (Wildman–Crippen MR) is 103 cm³/mol. The minimum atomic E-state index is 0.480. The molecule has 0 atom stereocenters. The number of guanidine groups is 1. The number of hydrogen-bond acceptors (Lipinski definition) is 3. The van der Waals surface area contributed by atoms with Gasteiger partial charge in [0.2, 0.25) is 0 Å². The number of halogens is 1. The first-order valence-electron chi connectivity index (χ1n) is 8.17. The van der Waals surface area contributed by atoms with Crippen LogP contribution in [0.15, 0.2) is 60.2 Å². The molecule has 0 unspecified atom stereocenters. The second-order valence-corrected chi connectivity index (χ2v) is 5.63. The first-order valence-corrected chi connectivity index (χ1v) is 8.55. The molecule has 1 aromatic heterocycles. The van der Waals surface area contributed by atoms with Crippen LogP contribution in [-0.4, -0.2) is 24.1 Å². The van der Waals surface area contributed by atoms with Gasteiger partial charge in [-0.2, -0.15) is 0 Å². The van der Waals surface area contributed by atoms with E-state index in [1.165, 1.54) is 0 Å². The molecule has 0 amide bonds. The van der Waals surface area contributed by atoms with Gasteiger partial charge in [-0.3, -0.25) is 0 Å². The third kappa shape index (κ3) is 6.47. The van der Waals surface area contributed by atoms with Crippen molar-refractivity contribution in [1.29, 1.82) is 0 Å². The fourth-order valence-corrected chi connectivity index (χ4v) is 2.24. The van der Waals surface area contributed by atoms with Crippen molar-refractivity contribution in [3.8, 4) is 5.75 Å². The molecule has 5 nitrogen and oxygen atoms in total. The van der Waals surface area contributed by atoms with Gasteiger partial charge in [-0.05, 0) is 24.6 Å². The lowest BCUT2D eigenvalue weighted by Crippen LogP contribution is -2.36. The third-order valence-electron chi connectivity index (χ3n) is 3.33. The lowest BCUT2D eigenvalue weighted by Gasteiger charge is -2.14. The molecule has 0 saturated carbocycles. The van der Waals surface area contributed by atoms with Gasteiger partial charge in [0.15, 0.2) is 5.96 Å². The average molecular weight is 359 g/mol. The largest absolute Gasteiger partial charge is 0.489 e. The second kappa shape index (κ2) is 10.4. The molecular formula is C19H23ClN4O. The van der Waals surface area contributed by atoms with E-state index in [0.717, 1.165) is 29.4 Å². The average Bonchev–Trinajstić information content (AvgIpc) is 2.64. The van der Waals surface area contributed by atoms with Gasteiger partial charge >= 0.3 is 0 Å². The Morgan fingerprint density at radius 2 is 2.12 bits per heavy atom. The van der Waals surface area contributed by atoms with Crippen LogP contribution in [0.4, 0.5) is 0 Å². The summed E-state index contributed by atoms with van der Waals surface area (Å²) in [4.78, 5) is 8.64. The maximum absolute atomic E-state index is 5.80. The molecule has 0 fully saturated rings. The van der Waals surface area contributed by atoms with Gasteiger partial charge in [-0.25, -0.2) is 9.98 Å². The third-order valence-corrected chi connectivity index (χ3v) is 3.55. The Morgan fingerprint density at radius 3 is 2.84 bits per heavy atom. The van der Waals surface area contributed by atoms with Gasteiger partial charge in [0, 0.05) is 24.8 Å². The van der Waals surface area contributed by atoms with Crippen molar-refractivity contribution in [3.63, 3.8) is 0 Å². The van der Waals surface area contributed by atoms with Crippen molar-refractivity contribution in [3.05, 3.63) is 71.5 Å². The van der Waals surface area contributed by atoms with Crippen LogP contribution in [0.2, 0.25) is 5.15 Å². The molecule has 0 aliphatic heterocycles. The van der Waals surface area contributed by atoms with E-state index in [1.54, 1.807) is 18.3 Å². The molecule has 6 heteroatoms. The molecule has 25 heavy (non-hydrogen) atoms. The first-order chi connectivity index (χ1) is 12.2. The molecule has 0 aliphatic carbocycles. The summed E-state index contributed by atoms with van der Waals surface area (Å²) in [6.07, 6.45) is 3.46. The zero-order valence-electron chi connectivity index (χ0n) is 14.3. The Bertz CT molecular complexity index is 701. The van der Waals surface area contributed by atoms with Gasteiger partial charge in [-0.15, -0.1) is 0 Å². The van der Waals surface area contributed by atoms with Crippen LogP contribution >= 0.6 is 11.6 Å². The van der Waals surface area contributed by atoms with Crippen molar-refractivity contribution in [2.45, 2.75) is 20.0 Å². The number of ether oxygens (including phenoxy) is 1. The van der Waals surface area contributed by atoms with Crippen molar-refractivity contribution in [1.82, 2.24) is 15.6 Å². The van der Waals surface area contributed by atoms with Crippen molar-refractivity contribution < 1.29 is 4.74 Å². The molecule has 2 aromatic rings. The first kappa shape index (κ1) is 18.8. The Hall–Kier alpha value is -2.53. The summed E-state index contributed by atoms with van der Waals surface area (Å²) in [7, 11) is 0. The molecule has 0 aliphatic rings. The summed E-state index contributed by atoms with van der Waals surface area (Å²) >= 11 is 5.80. The van der Waals surface area contributed by atoms with Crippen molar-refractivity contribution in [2.75, 3.05) is 13.2 Å². The summed E-state index contributed by atoms with van der Waals surface area (Å²) in [5, 5.41) is 7.04. The van der Waals surface area contributed by atoms with E-state index in [1.807, 2.05) is 37.3 Å². The highest BCUT2D eigenvalue weighted by Gasteiger charge is 2.04. The van der Waals surface area contributed by atoms with E-state index in [4.69, 9.17) is 16.3 Å². The fraction of sp³-hybridized carbons (Fsp3) is 0.263. The van der Waals surface area contributed by atoms with Crippen LogP contribution < -0.4 is 15.4 Å². The fourth-order valence-electron chi connectivity index (χ4n) is 2.13. The monoisotopic (exact) mass is 358 g/mol. The van der Waals surface area contributed by atoms with Crippen LogP contribution in [0, 0.1) is 0 Å². The summed E-state index contributed by atoms with van der Waals surface area (Å²) in [5.74, 6) is 1.57. The number of rotatable bonds is 8. The van der Waals surface area contributed by atoms with E-state index >= 15 is 0 Å². The predicted octanol–water partition coefficient (Wildman–Crippen LogP) is 3.56. The number of para-hydroxylation sites is 1. The highest BCUT2D eigenvalue weighted by molar-refractivity contribution is 6.29. The van der Waals surface area contributed by atoms with E-state index in [9.17, 15) is 0 Å². The Kier molecular flexibility index (Phi) is 7.79. The van der Waals surface area contributed by atoms with E-state index in [2.05, 4.69) is 27.2 Å². The quantitative estimate of drug-likeness (QED) is 0.328. The molecule has 0 spiro atoms. The molecule has 1 heterocycles. The highest BCUT2D eigenvalue weighted by atomic mass is 35.5. The minimum absolute atomic E-state index is 0.480. The lowest BCUT2D eigenvalue weighted by atomic mass is 10.2. The molecule has 2 rings (SSSR count). The summed E-state index contributed by atoms with van der Waals surface area (Å²) < 4.78 is 5.68. The van der Waals surface area contributed by atoms with Crippen LogP contribution in [0.1, 0.15) is 18.1 Å². The maximum atomic E-state index is 5.80. The van der Waals surface area contributed by atoms with Crippen LogP contribution in [0.3, 0.4) is 0 Å². The summed E-state index contributed by atoms with van der Waals surface area (Å²) in [6, 6.07) is 11.6. The Morgan fingerprint density at radius 1 is 1.28 bits per heavy atom. The summed E-state index contributed by atoms with van der Waals surface area (Å²) in [5.41, 5.74) is 2.06. The molecular weight excluding hydrogens is 336 g/mol. The Labute approximate surface area is 153 Å². The van der Waals surface area contributed by atoms with E-state index in [0.29, 0.717) is 24.8 Å². The number of pyridine rings is 1. The number of benzene rings is 1. The molecule has 2 N–H and O–H groups in total. The zero-order valence-corrected chi connectivity index (χ0v) is 15.1. The van der Waals surface area contributed by atoms with Crippen LogP contribution in [0.5, 0.6) is 5.75 Å². The minimum Gasteiger partial charge on any atom is -0.489 e. The van der Waals surface area contributed by atoms with Gasteiger partial charge in [0.05, 0.1) is 6.54 Å². The number of hydrogen-bond donors (Lipinski definition) is 2. The van der Waals surface area contributed by atoms with Gasteiger partial charge in [0.1, 0.15) is 17.5 Å². The normalized spacial score (nSPS) is 11.0. The van der Waals surface area contributed by atoms with E-state index < -0.39 is 0 Å². The standard InChI is InChI=1S/C19H23ClN4O/c1-3-11-25-17-8-6-5-7-16(17)14-24-19(21-4-2)23-13-15-9-10-18(20)22-12-15/h3,5-10,12H,1,4,11,13-14H2,2H3,(H2,21,23,24). The molecule has 0 saturated heterocycles. The van der Waals surface area contributed by atoms with Gasteiger partial charge < -0.3 is 15.4 Å². The smallest absolute Gasteiger partial charge is 0.191 e. The lowest BCUT2D eigenvalue weighted by molar-refractivity contribution is 0.358. The molecule has 1 aromatic carbocycles. The van der Waals surface area contributed by atoms with Crippen molar-refractivity contribution >= 4 is 17.6 Å². The highest BCUT2D eigenvalue weighted by Crippen LogP contribution is 2.17. The topological polar surface area (TPSA) is 58.5 Å². The molecule has 132 valence electrons. The SMILES string of the molecule is C=CCOc1ccccc1CNC(=NCc1ccc(Cl)nc1)NCC. The number of nitrogens with zero attached hydrogens (tertiary/aromatic N) is 2. The molecule has 0 bridgehead atoms. The number of aliphatic imine (C=N–C) groups is 1. The van der Waals surface area contributed by atoms with Gasteiger partial charge in [-0.1, -0.05) is 48.5 Å². The van der Waals surface area contributed by atoms with Gasteiger partial charge in [0.25, 0.3) is 0 Å².